The zero-order valence-electron chi connectivity index (χ0n) is 32.2. The molecule has 0 aromatic heterocycles. The highest BCUT2D eigenvalue weighted by molar-refractivity contribution is 7.85. The van der Waals surface area contributed by atoms with Crippen LogP contribution in [0.15, 0.2) is 76.0 Å². The number of carbonyl (C=O) groups excluding carboxylic acids is 4. The van der Waals surface area contributed by atoms with Crippen molar-refractivity contribution in [2.75, 3.05) is 39.6 Å². The summed E-state index contributed by atoms with van der Waals surface area (Å²) in [4.78, 5) is 59.3. The Bertz CT molecular complexity index is 1810. The molecule has 1 aliphatic carbocycles. The van der Waals surface area contributed by atoms with Crippen LogP contribution in [0.5, 0.6) is 0 Å². The second-order valence-electron chi connectivity index (χ2n) is 15.2. The molecule has 3 aliphatic rings. The first-order valence-corrected chi connectivity index (χ1v) is 20.8. The number of ether oxygens (including phenoxy) is 3. The molecule has 0 spiro atoms. The Labute approximate surface area is 336 Å². The Kier molecular flexibility index (Phi) is 14.5. The summed E-state index contributed by atoms with van der Waals surface area (Å²) < 4.78 is 30.1. The lowest BCUT2D eigenvalue weighted by Gasteiger charge is -2.41. The summed E-state index contributed by atoms with van der Waals surface area (Å²) in [6, 6.07) is 13.4. The standard InChI is InChI=1S/C41H51Cl2N3O8S/c1-41(2,3)54-40(50)46(24-26-13-8-6-9-14-26)27-19-21-45(22-20-27)33(47)23-31-35(38(48)52-4)37(34-29(42)17-12-18-30(34)43)36(39(49)53-5)32(44-31)25-55(51)28-15-10-7-11-16-28/h7,10-12,15-18,26-27,37,44H,6,8-9,13-14,19-25H2,1-5H3. The molecule has 2 aliphatic heterocycles. The van der Waals surface area contributed by atoms with E-state index >= 15 is 0 Å². The summed E-state index contributed by atoms with van der Waals surface area (Å²) in [6.07, 6.45) is 6.18. The van der Waals surface area contributed by atoms with Crippen molar-refractivity contribution < 1.29 is 37.6 Å². The molecule has 1 N–H and O–H groups in total. The van der Waals surface area contributed by atoms with Gasteiger partial charge in [-0.1, -0.05) is 66.7 Å². The molecule has 0 radical (unpaired) electrons. The maximum Gasteiger partial charge on any atom is 0.410 e. The van der Waals surface area contributed by atoms with Gasteiger partial charge in [0, 0.05) is 57.6 Å². The first kappa shape index (κ1) is 42.3. The molecule has 2 aromatic rings. The van der Waals surface area contributed by atoms with E-state index in [4.69, 9.17) is 37.4 Å². The number of esters is 2. The fourth-order valence-electron chi connectivity index (χ4n) is 7.66. The Hall–Kier alpha value is -3.87. The number of halogens is 2. The topological polar surface area (TPSA) is 132 Å². The molecule has 5 rings (SSSR count). The SMILES string of the molecule is COC(=O)C1=C(CC(=O)N2CCC(N(CC3CCCCC3)C(=O)OC(C)(C)C)CC2)NC(CS(=O)c2ccccc2)=C(C(=O)OC)C1c1c(Cl)cccc1Cl. The number of dihydropyridines is 1. The van der Waals surface area contributed by atoms with E-state index in [9.17, 15) is 23.4 Å². The Balaban J connectivity index is 1.47. The highest BCUT2D eigenvalue weighted by Gasteiger charge is 2.43. The van der Waals surface area contributed by atoms with E-state index in [0.29, 0.717) is 43.3 Å². The highest BCUT2D eigenvalue weighted by atomic mass is 35.5. The Morgan fingerprint density at radius 3 is 1.98 bits per heavy atom. The number of hydrogen-bond acceptors (Lipinski definition) is 9. The van der Waals surface area contributed by atoms with Gasteiger partial charge in [-0.25, -0.2) is 14.4 Å². The van der Waals surface area contributed by atoms with Gasteiger partial charge in [0.2, 0.25) is 5.91 Å². The molecule has 11 nitrogen and oxygen atoms in total. The van der Waals surface area contributed by atoms with Crippen LogP contribution in [0.25, 0.3) is 0 Å². The van der Waals surface area contributed by atoms with E-state index in [1.807, 2.05) is 25.7 Å². The van der Waals surface area contributed by atoms with E-state index in [1.165, 1.54) is 20.6 Å². The second-order valence-corrected chi connectivity index (χ2v) is 17.5. The molecule has 2 aromatic carbocycles. The van der Waals surface area contributed by atoms with Crippen LogP contribution < -0.4 is 5.32 Å². The molecule has 2 fully saturated rings. The lowest BCUT2D eigenvalue weighted by atomic mass is 9.79. The number of benzene rings is 2. The maximum absolute atomic E-state index is 14.2. The molecule has 1 saturated carbocycles. The van der Waals surface area contributed by atoms with Gasteiger partial charge in [0.25, 0.3) is 0 Å². The van der Waals surface area contributed by atoms with Crippen LogP contribution >= 0.6 is 23.2 Å². The first-order chi connectivity index (χ1) is 26.2. The van der Waals surface area contributed by atoms with Crippen LogP contribution in [-0.4, -0.2) is 89.2 Å². The van der Waals surface area contributed by atoms with Gasteiger partial charge >= 0.3 is 18.0 Å². The third-order valence-electron chi connectivity index (χ3n) is 10.3. The summed E-state index contributed by atoms with van der Waals surface area (Å²) >= 11 is 13.5. The van der Waals surface area contributed by atoms with Gasteiger partial charge in [0.15, 0.2) is 0 Å². The van der Waals surface area contributed by atoms with Crippen LogP contribution in [-0.2, 0) is 39.4 Å². The van der Waals surface area contributed by atoms with Crippen molar-refractivity contribution in [1.82, 2.24) is 15.1 Å². The lowest BCUT2D eigenvalue weighted by molar-refractivity contribution is -0.137. The third kappa shape index (κ3) is 10.5. The Morgan fingerprint density at radius 1 is 0.836 bits per heavy atom. The minimum absolute atomic E-state index is 0.0283. The third-order valence-corrected chi connectivity index (χ3v) is 12.3. The van der Waals surface area contributed by atoms with E-state index < -0.39 is 34.3 Å². The largest absolute Gasteiger partial charge is 0.466 e. The van der Waals surface area contributed by atoms with Crippen molar-refractivity contribution in [3.8, 4) is 0 Å². The number of nitrogens with zero attached hydrogens (tertiary/aromatic N) is 2. The van der Waals surface area contributed by atoms with Gasteiger partial charge in [-0.15, -0.1) is 0 Å². The number of likely N-dealkylation sites (tertiary alicyclic amines) is 1. The summed E-state index contributed by atoms with van der Waals surface area (Å²) in [6.45, 7) is 6.96. The minimum Gasteiger partial charge on any atom is -0.466 e. The van der Waals surface area contributed by atoms with E-state index in [2.05, 4.69) is 5.32 Å². The number of nitrogens with one attached hydrogen (secondary N) is 1. The van der Waals surface area contributed by atoms with Gasteiger partial charge in [-0.3, -0.25) is 9.00 Å². The van der Waals surface area contributed by atoms with Crippen molar-refractivity contribution in [3.63, 3.8) is 0 Å². The van der Waals surface area contributed by atoms with Crippen LogP contribution in [0.4, 0.5) is 4.79 Å². The van der Waals surface area contributed by atoms with Crippen molar-refractivity contribution in [3.05, 3.63) is 86.7 Å². The molecule has 0 bridgehead atoms. The fraction of sp³-hybridized carbons (Fsp3) is 0.512. The van der Waals surface area contributed by atoms with Gasteiger partial charge < -0.3 is 29.3 Å². The molecule has 14 heteroatoms. The molecular weight excluding hydrogens is 765 g/mol. The van der Waals surface area contributed by atoms with E-state index in [0.717, 1.165) is 25.7 Å². The van der Waals surface area contributed by atoms with Crippen LogP contribution in [0, 0.1) is 5.92 Å². The predicted octanol–water partition coefficient (Wildman–Crippen LogP) is 7.54. The highest BCUT2D eigenvalue weighted by Crippen LogP contribution is 2.45. The van der Waals surface area contributed by atoms with Crippen molar-refractivity contribution >= 4 is 57.9 Å². The molecule has 298 valence electrons. The van der Waals surface area contributed by atoms with Crippen LogP contribution in [0.2, 0.25) is 10.0 Å². The summed E-state index contributed by atoms with van der Waals surface area (Å²) in [5.41, 5.74) is -0.113. The van der Waals surface area contributed by atoms with E-state index in [1.54, 1.807) is 53.4 Å². The zero-order chi connectivity index (χ0) is 39.9. The number of rotatable bonds is 11. The number of hydrogen-bond donors (Lipinski definition) is 1. The van der Waals surface area contributed by atoms with Crippen molar-refractivity contribution in [2.24, 2.45) is 5.92 Å². The summed E-state index contributed by atoms with van der Waals surface area (Å²) in [7, 11) is 0.758. The zero-order valence-corrected chi connectivity index (χ0v) is 34.5. The number of methoxy groups -OCH3 is 2. The molecule has 1 saturated heterocycles. The quantitative estimate of drug-likeness (QED) is 0.181. The van der Waals surface area contributed by atoms with E-state index in [-0.39, 0.29) is 68.4 Å². The summed E-state index contributed by atoms with van der Waals surface area (Å²) in [5.74, 6) is -2.88. The number of amides is 2. The van der Waals surface area contributed by atoms with Crippen LogP contribution in [0.1, 0.15) is 83.6 Å². The number of carbonyl (C=O) groups is 4. The van der Waals surface area contributed by atoms with Crippen molar-refractivity contribution in [2.45, 2.75) is 94.6 Å². The molecule has 2 heterocycles. The first-order valence-electron chi connectivity index (χ1n) is 18.8. The smallest absolute Gasteiger partial charge is 0.410 e. The van der Waals surface area contributed by atoms with Crippen LogP contribution in [0.3, 0.4) is 0 Å². The molecule has 2 unspecified atom stereocenters. The van der Waals surface area contributed by atoms with Crippen molar-refractivity contribution in [1.29, 1.82) is 0 Å². The summed E-state index contributed by atoms with van der Waals surface area (Å²) in [5, 5.41) is 3.50. The fourth-order valence-corrected chi connectivity index (χ4v) is 9.39. The minimum atomic E-state index is -1.65. The maximum atomic E-state index is 14.2. The monoisotopic (exact) mass is 815 g/mol. The van der Waals surface area contributed by atoms with Gasteiger partial charge in [-0.2, -0.15) is 0 Å². The second kappa shape index (κ2) is 18.8. The van der Waals surface area contributed by atoms with Gasteiger partial charge in [0.1, 0.15) is 5.60 Å². The lowest BCUT2D eigenvalue weighted by Crippen LogP contribution is -2.51. The molecular formula is C41H51Cl2N3O8S. The number of piperidine rings is 1. The molecule has 55 heavy (non-hydrogen) atoms. The van der Waals surface area contributed by atoms with Gasteiger partial charge in [0.05, 0.1) is 54.3 Å². The predicted molar refractivity (Wildman–Crippen MR) is 212 cm³/mol. The average molecular weight is 817 g/mol. The molecule has 2 amide bonds. The molecule has 2 atom stereocenters. The normalized spacial score (nSPS) is 19.0. The van der Waals surface area contributed by atoms with Gasteiger partial charge in [-0.05, 0) is 76.6 Å². The Morgan fingerprint density at radius 2 is 1.42 bits per heavy atom. The average Bonchev–Trinajstić information content (AvgIpc) is 3.16.